The Kier molecular flexibility index (Phi) is 13.6. The van der Waals surface area contributed by atoms with Crippen molar-refractivity contribution in [3.8, 4) is 11.8 Å². The minimum absolute atomic E-state index is 0.0900. The average molecular weight is 309 g/mol. The standard InChI is InChI=1S/C20H36O2/c1-2-3-4-5-6-7-8-9-10-11-12-13-15-18-21-20-17-14-16-19-22-20/h20H,2-4,7-19H2,1H3. The molecule has 0 aromatic heterocycles. The maximum absolute atomic E-state index is 5.75. The maximum atomic E-state index is 5.75. The fourth-order valence-electron chi connectivity index (χ4n) is 2.70. The quantitative estimate of drug-likeness (QED) is 0.333. The first-order valence-corrected chi connectivity index (χ1v) is 9.62. The smallest absolute Gasteiger partial charge is 0.157 e. The molecule has 1 rings (SSSR count). The summed E-state index contributed by atoms with van der Waals surface area (Å²) >= 11 is 0. The Bertz CT molecular complexity index is 284. The number of rotatable bonds is 12. The molecular formula is C20H36O2. The molecule has 0 radical (unpaired) electrons. The molecule has 0 aromatic carbocycles. The molecule has 22 heavy (non-hydrogen) atoms. The van der Waals surface area contributed by atoms with Gasteiger partial charge in [0.25, 0.3) is 0 Å². The van der Waals surface area contributed by atoms with E-state index in [1.165, 1.54) is 70.6 Å². The summed E-state index contributed by atoms with van der Waals surface area (Å²) in [6.07, 6.45) is 17.5. The van der Waals surface area contributed by atoms with Crippen molar-refractivity contribution in [1.29, 1.82) is 0 Å². The minimum atomic E-state index is 0.0900. The Morgan fingerprint density at radius 3 is 2.23 bits per heavy atom. The van der Waals surface area contributed by atoms with Crippen LogP contribution < -0.4 is 0 Å². The molecule has 128 valence electrons. The van der Waals surface area contributed by atoms with Crippen LogP contribution in [0.2, 0.25) is 0 Å². The van der Waals surface area contributed by atoms with Gasteiger partial charge in [-0.25, -0.2) is 0 Å². The lowest BCUT2D eigenvalue weighted by Crippen LogP contribution is -2.22. The van der Waals surface area contributed by atoms with Crippen molar-refractivity contribution in [3.63, 3.8) is 0 Å². The molecule has 0 aromatic rings. The third-order valence-electron chi connectivity index (χ3n) is 4.17. The number of hydrogen-bond donors (Lipinski definition) is 0. The third-order valence-corrected chi connectivity index (χ3v) is 4.17. The van der Waals surface area contributed by atoms with E-state index in [9.17, 15) is 0 Å². The Hall–Kier alpha value is -0.520. The van der Waals surface area contributed by atoms with Gasteiger partial charge in [-0.2, -0.15) is 0 Å². The van der Waals surface area contributed by atoms with E-state index in [0.29, 0.717) is 0 Å². The van der Waals surface area contributed by atoms with Gasteiger partial charge in [0.05, 0.1) is 0 Å². The normalized spacial score (nSPS) is 18.0. The fourth-order valence-corrected chi connectivity index (χ4v) is 2.70. The zero-order valence-corrected chi connectivity index (χ0v) is 14.7. The van der Waals surface area contributed by atoms with E-state index in [1.807, 2.05) is 0 Å². The van der Waals surface area contributed by atoms with Gasteiger partial charge in [0.1, 0.15) is 0 Å². The molecule has 0 saturated carbocycles. The molecule has 0 amide bonds. The number of unbranched alkanes of at least 4 members (excludes halogenated alkanes) is 9. The summed E-state index contributed by atoms with van der Waals surface area (Å²) in [6.45, 7) is 3.98. The van der Waals surface area contributed by atoms with Crippen molar-refractivity contribution in [2.24, 2.45) is 0 Å². The van der Waals surface area contributed by atoms with Gasteiger partial charge in [-0.3, -0.25) is 0 Å². The summed E-state index contributed by atoms with van der Waals surface area (Å²) in [5.41, 5.74) is 0. The highest BCUT2D eigenvalue weighted by atomic mass is 16.7. The predicted molar refractivity (Wildman–Crippen MR) is 93.8 cm³/mol. The second-order valence-electron chi connectivity index (χ2n) is 6.35. The summed E-state index contributed by atoms with van der Waals surface area (Å²) in [6, 6.07) is 0. The van der Waals surface area contributed by atoms with E-state index in [4.69, 9.17) is 9.47 Å². The van der Waals surface area contributed by atoms with Crippen LogP contribution in [0.15, 0.2) is 0 Å². The van der Waals surface area contributed by atoms with Gasteiger partial charge in [-0.05, 0) is 38.5 Å². The molecule has 1 fully saturated rings. The van der Waals surface area contributed by atoms with E-state index in [2.05, 4.69) is 18.8 Å². The lowest BCUT2D eigenvalue weighted by Gasteiger charge is -2.22. The van der Waals surface area contributed by atoms with E-state index in [1.54, 1.807) is 0 Å². The highest BCUT2D eigenvalue weighted by molar-refractivity contribution is 4.98. The Labute approximate surface area is 138 Å². The van der Waals surface area contributed by atoms with Crippen LogP contribution in [0.3, 0.4) is 0 Å². The van der Waals surface area contributed by atoms with Crippen molar-refractivity contribution in [3.05, 3.63) is 0 Å². The minimum Gasteiger partial charge on any atom is -0.353 e. The summed E-state index contributed by atoms with van der Waals surface area (Å²) in [5.74, 6) is 6.56. The molecule has 1 saturated heterocycles. The van der Waals surface area contributed by atoms with Crippen molar-refractivity contribution < 1.29 is 9.47 Å². The molecule has 0 N–H and O–H groups in total. The molecule has 1 unspecified atom stereocenters. The van der Waals surface area contributed by atoms with Crippen molar-refractivity contribution in [2.75, 3.05) is 13.2 Å². The van der Waals surface area contributed by atoms with Gasteiger partial charge in [0, 0.05) is 26.1 Å². The van der Waals surface area contributed by atoms with Gasteiger partial charge >= 0.3 is 0 Å². The highest BCUT2D eigenvalue weighted by Crippen LogP contribution is 2.14. The highest BCUT2D eigenvalue weighted by Gasteiger charge is 2.13. The summed E-state index contributed by atoms with van der Waals surface area (Å²) in [7, 11) is 0. The van der Waals surface area contributed by atoms with Crippen LogP contribution in [0.1, 0.15) is 96.8 Å². The van der Waals surface area contributed by atoms with Gasteiger partial charge in [-0.15, -0.1) is 11.8 Å². The third kappa shape index (κ3) is 12.1. The Morgan fingerprint density at radius 1 is 0.864 bits per heavy atom. The second kappa shape index (κ2) is 15.4. The molecule has 1 heterocycles. The number of ether oxygens (including phenoxy) is 2. The van der Waals surface area contributed by atoms with Crippen molar-refractivity contribution in [1.82, 2.24) is 0 Å². The first-order valence-electron chi connectivity index (χ1n) is 9.62. The molecule has 2 heteroatoms. The molecular weight excluding hydrogens is 272 g/mol. The SMILES string of the molecule is CCCCC#CCCCCCCCCCOC1CCCCO1. The largest absolute Gasteiger partial charge is 0.353 e. The van der Waals surface area contributed by atoms with E-state index >= 15 is 0 Å². The predicted octanol–water partition coefficient (Wildman–Crippen LogP) is 5.84. The second-order valence-corrected chi connectivity index (χ2v) is 6.35. The van der Waals surface area contributed by atoms with Gasteiger partial charge < -0.3 is 9.47 Å². The van der Waals surface area contributed by atoms with E-state index in [0.717, 1.165) is 32.5 Å². The molecule has 2 nitrogen and oxygen atoms in total. The summed E-state index contributed by atoms with van der Waals surface area (Å²) < 4.78 is 11.3. The van der Waals surface area contributed by atoms with Crippen LogP contribution in [0.25, 0.3) is 0 Å². The number of hydrogen-bond acceptors (Lipinski definition) is 2. The Balaban J connectivity index is 1.73. The molecule has 1 aliphatic heterocycles. The molecule has 0 spiro atoms. The van der Waals surface area contributed by atoms with Gasteiger partial charge in [0.2, 0.25) is 0 Å². The molecule has 1 atom stereocenters. The average Bonchev–Trinajstić information content (AvgIpc) is 2.56. The first-order chi connectivity index (χ1) is 10.9. The van der Waals surface area contributed by atoms with Crippen molar-refractivity contribution in [2.45, 2.75) is 103 Å². The summed E-state index contributed by atoms with van der Waals surface area (Å²) in [4.78, 5) is 0. The zero-order chi connectivity index (χ0) is 15.7. The van der Waals surface area contributed by atoms with Crippen LogP contribution in [-0.4, -0.2) is 19.5 Å². The monoisotopic (exact) mass is 308 g/mol. The van der Waals surface area contributed by atoms with Crippen LogP contribution in [0.5, 0.6) is 0 Å². The molecule has 0 bridgehead atoms. The van der Waals surface area contributed by atoms with Crippen LogP contribution >= 0.6 is 0 Å². The molecule has 1 aliphatic rings. The molecule has 0 aliphatic carbocycles. The zero-order valence-electron chi connectivity index (χ0n) is 14.7. The van der Waals surface area contributed by atoms with E-state index < -0.39 is 0 Å². The summed E-state index contributed by atoms with van der Waals surface area (Å²) in [5, 5.41) is 0. The van der Waals surface area contributed by atoms with Crippen molar-refractivity contribution >= 4 is 0 Å². The lowest BCUT2D eigenvalue weighted by molar-refractivity contribution is -0.162. The Morgan fingerprint density at radius 2 is 1.55 bits per heavy atom. The van der Waals surface area contributed by atoms with Crippen LogP contribution in [0, 0.1) is 11.8 Å². The van der Waals surface area contributed by atoms with Gasteiger partial charge in [0.15, 0.2) is 6.29 Å². The van der Waals surface area contributed by atoms with Crippen LogP contribution in [-0.2, 0) is 9.47 Å². The topological polar surface area (TPSA) is 18.5 Å². The fraction of sp³-hybridized carbons (Fsp3) is 0.900. The lowest BCUT2D eigenvalue weighted by atomic mass is 10.1. The van der Waals surface area contributed by atoms with Crippen LogP contribution in [0.4, 0.5) is 0 Å². The first kappa shape index (κ1) is 19.5. The van der Waals surface area contributed by atoms with E-state index in [-0.39, 0.29) is 6.29 Å². The van der Waals surface area contributed by atoms with Gasteiger partial charge in [-0.1, -0.05) is 45.4 Å². The maximum Gasteiger partial charge on any atom is 0.157 e.